The Hall–Kier alpha value is -2.56. The molecular formula is C24H28O5. The molecule has 2 aromatic rings. The quantitative estimate of drug-likeness (QED) is 0.670. The minimum atomic E-state index is -0.517. The minimum absolute atomic E-state index is 0.0483. The van der Waals surface area contributed by atoms with Crippen molar-refractivity contribution in [2.45, 2.75) is 66.1 Å². The molecule has 3 heterocycles. The zero-order valence-corrected chi connectivity index (χ0v) is 17.9. The highest BCUT2D eigenvalue weighted by atomic mass is 16.5. The van der Waals surface area contributed by atoms with Gasteiger partial charge in [-0.1, -0.05) is 34.1 Å². The number of fused-ring (bicyclic) bond motifs is 6. The molecule has 5 heteroatoms. The average molecular weight is 396 g/mol. The molecule has 1 aromatic carbocycles. The lowest BCUT2D eigenvalue weighted by molar-refractivity contribution is 0.0554. The van der Waals surface area contributed by atoms with Gasteiger partial charge in [0, 0.05) is 6.07 Å². The highest BCUT2D eigenvalue weighted by molar-refractivity contribution is 6.14. The van der Waals surface area contributed by atoms with E-state index in [2.05, 4.69) is 6.92 Å². The van der Waals surface area contributed by atoms with E-state index in [0.29, 0.717) is 34.5 Å². The van der Waals surface area contributed by atoms with E-state index in [4.69, 9.17) is 13.9 Å². The summed E-state index contributed by atoms with van der Waals surface area (Å²) in [5.74, 6) is 0.888. The molecule has 2 aliphatic rings. The fourth-order valence-electron chi connectivity index (χ4n) is 4.42. The first-order chi connectivity index (χ1) is 13.6. The van der Waals surface area contributed by atoms with Crippen LogP contribution in [0.3, 0.4) is 0 Å². The molecule has 0 saturated heterocycles. The summed E-state index contributed by atoms with van der Waals surface area (Å²) < 4.78 is 18.4. The van der Waals surface area contributed by atoms with E-state index >= 15 is 0 Å². The van der Waals surface area contributed by atoms with Crippen LogP contribution in [-0.2, 0) is 6.42 Å². The van der Waals surface area contributed by atoms with Crippen LogP contribution in [0.4, 0.5) is 0 Å². The van der Waals surface area contributed by atoms with Gasteiger partial charge in [0.05, 0.1) is 16.9 Å². The molecule has 0 radical (unpaired) electrons. The van der Waals surface area contributed by atoms with Crippen molar-refractivity contribution in [3.63, 3.8) is 0 Å². The maximum Gasteiger partial charge on any atom is 0.336 e. The third kappa shape index (κ3) is 3.07. The molecule has 1 aromatic heterocycles. The number of carbonyl (C=O) groups is 1. The molecule has 0 amide bonds. The van der Waals surface area contributed by atoms with Crippen LogP contribution in [0, 0.1) is 11.8 Å². The van der Waals surface area contributed by atoms with Crippen molar-refractivity contribution in [2.24, 2.45) is 11.8 Å². The molecule has 154 valence electrons. The fraction of sp³-hybridized carbons (Fsp3) is 0.500. The maximum atomic E-state index is 13.4. The lowest BCUT2D eigenvalue weighted by Gasteiger charge is -2.37. The molecule has 4 rings (SSSR count). The Labute approximate surface area is 170 Å². The van der Waals surface area contributed by atoms with Crippen molar-refractivity contribution in [3.8, 4) is 11.5 Å². The van der Waals surface area contributed by atoms with Gasteiger partial charge in [-0.15, -0.1) is 0 Å². The van der Waals surface area contributed by atoms with Gasteiger partial charge in [0.15, 0.2) is 11.4 Å². The predicted octanol–water partition coefficient (Wildman–Crippen LogP) is 5.17. The fourth-order valence-corrected chi connectivity index (χ4v) is 4.42. The van der Waals surface area contributed by atoms with Gasteiger partial charge in [0.2, 0.25) is 0 Å². The van der Waals surface area contributed by atoms with Crippen LogP contribution in [0.5, 0.6) is 11.5 Å². The number of rotatable bonds is 3. The second-order valence-corrected chi connectivity index (χ2v) is 9.01. The first kappa shape index (κ1) is 19.7. The number of benzene rings is 1. The summed E-state index contributed by atoms with van der Waals surface area (Å²) in [7, 11) is 0. The Morgan fingerprint density at radius 1 is 1.17 bits per heavy atom. The van der Waals surface area contributed by atoms with Gasteiger partial charge >= 0.3 is 5.63 Å². The van der Waals surface area contributed by atoms with Crippen molar-refractivity contribution < 1.29 is 18.7 Å². The predicted molar refractivity (Wildman–Crippen MR) is 113 cm³/mol. The van der Waals surface area contributed by atoms with Crippen LogP contribution < -0.4 is 15.1 Å². The molecule has 0 unspecified atom stereocenters. The molecule has 0 spiro atoms. The van der Waals surface area contributed by atoms with Gasteiger partial charge in [0.25, 0.3) is 0 Å². The van der Waals surface area contributed by atoms with E-state index < -0.39 is 11.2 Å². The second kappa shape index (κ2) is 6.75. The van der Waals surface area contributed by atoms with Crippen molar-refractivity contribution >= 4 is 22.8 Å². The highest BCUT2D eigenvalue weighted by Gasteiger charge is 2.42. The van der Waals surface area contributed by atoms with E-state index in [-0.39, 0.29) is 23.7 Å². The number of ether oxygens (including phenoxy) is 2. The lowest BCUT2D eigenvalue weighted by Crippen LogP contribution is -2.40. The third-order valence-corrected chi connectivity index (χ3v) is 5.81. The smallest absolute Gasteiger partial charge is 0.336 e. The number of carbonyl (C=O) groups excluding carboxylic acids is 1. The normalized spacial score (nSPS) is 22.2. The lowest BCUT2D eigenvalue weighted by atomic mass is 9.82. The number of hydrogen-bond acceptors (Lipinski definition) is 5. The van der Waals surface area contributed by atoms with Crippen molar-refractivity contribution in [3.05, 3.63) is 39.3 Å². The van der Waals surface area contributed by atoms with Crippen LogP contribution in [0.2, 0.25) is 0 Å². The van der Waals surface area contributed by atoms with Gasteiger partial charge in [-0.3, -0.25) is 4.79 Å². The summed E-state index contributed by atoms with van der Waals surface area (Å²) in [4.78, 5) is 25.8. The molecule has 0 saturated carbocycles. The number of Topliss-reactive ketones (excluding diaryl/α,β-unsaturated/α-hetero) is 1. The molecule has 0 N–H and O–H groups in total. The standard InChI is InChI=1S/C24H28O5/c1-7-8-14-11-16(25)27-23-17(14)22-15(9-10-24(5,6)29-22)21-18(23)19(26)13(4)20(28-21)12(2)3/h9-13,20H,7-8H2,1-6H3/t13-,20-/m1/s1. The van der Waals surface area contributed by atoms with Crippen molar-refractivity contribution in [1.82, 2.24) is 0 Å². The molecule has 0 aliphatic carbocycles. The first-order valence-electron chi connectivity index (χ1n) is 10.4. The SMILES string of the molecule is CCCc1cc(=O)oc2c3c(c4c(c12)OC(C)(C)C=C4)O[C@H](C(C)C)[C@H](C)C3=O. The van der Waals surface area contributed by atoms with Crippen LogP contribution in [0.25, 0.3) is 17.0 Å². The van der Waals surface area contributed by atoms with Gasteiger partial charge < -0.3 is 13.9 Å². The molecular weight excluding hydrogens is 368 g/mol. The molecule has 5 nitrogen and oxygen atoms in total. The van der Waals surface area contributed by atoms with E-state index in [1.54, 1.807) is 0 Å². The zero-order chi connectivity index (χ0) is 21.1. The monoisotopic (exact) mass is 396 g/mol. The van der Waals surface area contributed by atoms with Crippen LogP contribution in [0.1, 0.15) is 69.4 Å². The van der Waals surface area contributed by atoms with Gasteiger partial charge in [-0.2, -0.15) is 0 Å². The largest absolute Gasteiger partial charge is 0.488 e. The Balaban J connectivity index is 2.14. The summed E-state index contributed by atoms with van der Waals surface area (Å²) in [6.45, 7) is 12.0. The van der Waals surface area contributed by atoms with Gasteiger partial charge in [0.1, 0.15) is 28.8 Å². The average Bonchev–Trinajstić information content (AvgIpc) is 2.62. The summed E-state index contributed by atoms with van der Waals surface area (Å²) in [6.07, 6.45) is 5.25. The van der Waals surface area contributed by atoms with Crippen LogP contribution >= 0.6 is 0 Å². The maximum absolute atomic E-state index is 13.4. The molecule has 2 aliphatic heterocycles. The third-order valence-electron chi connectivity index (χ3n) is 5.81. The molecule has 0 bridgehead atoms. The molecule has 0 fully saturated rings. The Morgan fingerprint density at radius 3 is 2.55 bits per heavy atom. The number of ketones is 1. The minimum Gasteiger partial charge on any atom is -0.488 e. The summed E-state index contributed by atoms with van der Waals surface area (Å²) in [5, 5.41) is 0.713. The Morgan fingerprint density at radius 2 is 1.90 bits per heavy atom. The van der Waals surface area contributed by atoms with E-state index in [9.17, 15) is 9.59 Å². The molecule has 29 heavy (non-hydrogen) atoms. The summed E-state index contributed by atoms with van der Waals surface area (Å²) >= 11 is 0. The second-order valence-electron chi connectivity index (χ2n) is 9.01. The first-order valence-corrected chi connectivity index (χ1v) is 10.4. The van der Waals surface area contributed by atoms with Gasteiger partial charge in [-0.25, -0.2) is 4.79 Å². The topological polar surface area (TPSA) is 65.7 Å². The van der Waals surface area contributed by atoms with Crippen LogP contribution in [0.15, 0.2) is 21.4 Å². The summed E-state index contributed by atoms with van der Waals surface area (Å²) in [6, 6.07) is 1.52. The molecule has 2 atom stereocenters. The Kier molecular flexibility index (Phi) is 4.60. The Bertz CT molecular complexity index is 1090. The number of aryl methyl sites for hydroxylation is 1. The van der Waals surface area contributed by atoms with Gasteiger partial charge in [-0.05, 0) is 43.9 Å². The summed E-state index contributed by atoms with van der Waals surface area (Å²) in [5.41, 5.74) is 1.28. The van der Waals surface area contributed by atoms with E-state index in [1.165, 1.54) is 6.07 Å². The van der Waals surface area contributed by atoms with Crippen molar-refractivity contribution in [1.29, 1.82) is 0 Å². The zero-order valence-electron chi connectivity index (χ0n) is 17.9. The highest BCUT2D eigenvalue weighted by Crippen LogP contribution is 2.49. The number of hydrogen-bond donors (Lipinski definition) is 0. The van der Waals surface area contributed by atoms with Crippen molar-refractivity contribution in [2.75, 3.05) is 0 Å². The van der Waals surface area contributed by atoms with E-state index in [0.717, 1.165) is 17.5 Å². The van der Waals surface area contributed by atoms with Crippen LogP contribution in [-0.4, -0.2) is 17.5 Å². The van der Waals surface area contributed by atoms with E-state index in [1.807, 2.05) is 46.8 Å².